The molecule has 1 N–H and O–H groups in total. The lowest BCUT2D eigenvalue weighted by Gasteiger charge is -2.15. The molecule has 1 aromatic heterocycles. The zero-order valence-electron chi connectivity index (χ0n) is 11.0. The van der Waals surface area contributed by atoms with Gasteiger partial charge in [0, 0.05) is 19.2 Å². The van der Waals surface area contributed by atoms with Crippen LogP contribution in [0, 0.1) is 0 Å². The van der Waals surface area contributed by atoms with Crippen molar-refractivity contribution in [3.63, 3.8) is 0 Å². The van der Waals surface area contributed by atoms with Gasteiger partial charge in [-0.1, -0.05) is 17.3 Å². The molecule has 0 atom stereocenters. The van der Waals surface area contributed by atoms with Crippen LogP contribution >= 0.6 is 0 Å². The van der Waals surface area contributed by atoms with Gasteiger partial charge in [-0.25, -0.2) is 0 Å². The van der Waals surface area contributed by atoms with Crippen molar-refractivity contribution in [2.75, 3.05) is 20.3 Å². The number of aromatic nitrogens is 1. The van der Waals surface area contributed by atoms with E-state index in [1.165, 1.54) is 0 Å². The fourth-order valence-electron chi connectivity index (χ4n) is 1.86. The molecule has 0 saturated carbocycles. The second-order valence-corrected chi connectivity index (χ2v) is 4.38. The highest BCUT2D eigenvalue weighted by Gasteiger charge is 2.05. The van der Waals surface area contributed by atoms with E-state index < -0.39 is 0 Å². The monoisotopic (exact) mass is 262 g/mol. The van der Waals surface area contributed by atoms with Gasteiger partial charge in [-0.15, -0.1) is 0 Å². The first-order valence-corrected chi connectivity index (χ1v) is 6.18. The fraction of sp³-hybridized carbons (Fsp3) is 0.357. The van der Waals surface area contributed by atoms with Crippen LogP contribution in [0.2, 0.25) is 0 Å². The summed E-state index contributed by atoms with van der Waals surface area (Å²) in [5.41, 5.74) is 2.07. The fourth-order valence-corrected chi connectivity index (χ4v) is 1.86. The topological polar surface area (TPSA) is 58.7 Å². The summed E-state index contributed by atoms with van der Waals surface area (Å²) in [6.07, 6.45) is 1.58. The summed E-state index contributed by atoms with van der Waals surface area (Å²) in [5, 5.41) is 12.6. The molecule has 0 radical (unpaired) electrons. The van der Waals surface area contributed by atoms with Crippen molar-refractivity contribution in [1.82, 2.24) is 10.1 Å². The number of aliphatic hydroxyl groups is 1. The summed E-state index contributed by atoms with van der Waals surface area (Å²) in [5.74, 6) is 0.779. The highest BCUT2D eigenvalue weighted by molar-refractivity contribution is 5.28. The molecule has 0 aliphatic rings. The summed E-state index contributed by atoms with van der Waals surface area (Å²) in [4.78, 5) is 2.14. The van der Waals surface area contributed by atoms with Crippen LogP contribution in [0.1, 0.15) is 11.3 Å². The van der Waals surface area contributed by atoms with E-state index in [0.29, 0.717) is 6.61 Å². The molecule has 0 unspecified atom stereocenters. The molecule has 5 heteroatoms. The number of benzene rings is 1. The summed E-state index contributed by atoms with van der Waals surface area (Å²) < 4.78 is 10.2. The zero-order chi connectivity index (χ0) is 13.5. The molecule has 0 aliphatic carbocycles. The Bertz CT molecular complexity index is 485. The average molecular weight is 262 g/mol. The third kappa shape index (κ3) is 4.39. The predicted molar refractivity (Wildman–Crippen MR) is 70.7 cm³/mol. The highest BCUT2D eigenvalue weighted by Crippen LogP contribution is 2.15. The SMILES string of the molecule is CN(Cc1cccc(OCCO)c1)Cc1ccon1. The van der Waals surface area contributed by atoms with E-state index in [1.54, 1.807) is 6.26 Å². The molecule has 0 spiro atoms. The molecule has 1 heterocycles. The molecule has 0 bridgehead atoms. The van der Waals surface area contributed by atoms with E-state index >= 15 is 0 Å². The number of ether oxygens (including phenoxy) is 1. The van der Waals surface area contributed by atoms with E-state index in [0.717, 1.165) is 30.1 Å². The highest BCUT2D eigenvalue weighted by atomic mass is 16.5. The first kappa shape index (κ1) is 13.6. The van der Waals surface area contributed by atoms with Crippen LogP contribution in [0.4, 0.5) is 0 Å². The number of nitrogens with zero attached hydrogens (tertiary/aromatic N) is 2. The number of aliphatic hydroxyl groups excluding tert-OH is 1. The molecule has 19 heavy (non-hydrogen) atoms. The molecule has 2 rings (SSSR count). The van der Waals surface area contributed by atoms with Crippen molar-refractivity contribution in [2.45, 2.75) is 13.1 Å². The van der Waals surface area contributed by atoms with E-state index in [-0.39, 0.29) is 6.61 Å². The smallest absolute Gasteiger partial charge is 0.124 e. The van der Waals surface area contributed by atoms with Crippen LogP contribution in [-0.4, -0.2) is 35.4 Å². The Balaban J connectivity index is 1.90. The Kier molecular flexibility index (Phi) is 4.94. The van der Waals surface area contributed by atoms with Crippen molar-refractivity contribution in [1.29, 1.82) is 0 Å². The van der Waals surface area contributed by atoms with Crippen LogP contribution < -0.4 is 4.74 Å². The minimum Gasteiger partial charge on any atom is -0.491 e. The average Bonchev–Trinajstić information content (AvgIpc) is 2.89. The molecule has 102 valence electrons. The van der Waals surface area contributed by atoms with E-state index in [2.05, 4.69) is 10.1 Å². The first-order valence-electron chi connectivity index (χ1n) is 6.18. The minimum atomic E-state index is 0.0241. The van der Waals surface area contributed by atoms with Gasteiger partial charge in [0.25, 0.3) is 0 Å². The van der Waals surface area contributed by atoms with Crippen molar-refractivity contribution < 1.29 is 14.4 Å². The van der Waals surface area contributed by atoms with Crippen molar-refractivity contribution >= 4 is 0 Å². The van der Waals surface area contributed by atoms with Crippen molar-refractivity contribution in [3.05, 3.63) is 47.9 Å². The maximum atomic E-state index is 8.74. The predicted octanol–water partition coefficient (Wildman–Crippen LogP) is 1.68. The second-order valence-electron chi connectivity index (χ2n) is 4.38. The Morgan fingerprint density at radius 2 is 2.21 bits per heavy atom. The van der Waals surface area contributed by atoms with Gasteiger partial charge >= 0.3 is 0 Å². The molecule has 0 amide bonds. The van der Waals surface area contributed by atoms with Gasteiger partial charge in [0.1, 0.15) is 18.6 Å². The summed E-state index contributed by atoms with van der Waals surface area (Å²) >= 11 is 0. The molecule has 1 aromatic carbocycles. The molecule has 2 aromatic rings. The number of hydrogen-bond donors (Lipinski definition) is 1. The Labute approximate surface area is 112 Å². The molecule has 0 fully saturated rings. The van der Waals surface area contributed by atoms with Gasteiger partial charge in [0.2, 0.25) is 0 Å². The maximum absolute atomic E-state index is 8.74. The van der Waals surface area contributed by atoms with Crippen LogP contribution in [-0.2, 0) is 13.1 Å². The zero-order valence-corrected chi connectivity index (χ0v) is 11.0. The third-order valence-corrected chi connectivity index (χ3v) is 2.63. The molecule has 0 aliphatic heterocycles. The summed E-state index contributed by atoms with van der Waals surface area (Å²) in [7, 11) is 2.02. The quantitative estimate of drug-likeness (QED) is 0.822. The largest absolute Gasteiger partial charge is 0.491 e. The van der Waals surface area contributed by atoms with Crippen LogP contribution in [0.5, 0.6) is 5.75 Å². The van der Waals surface area contributed by atoms with Gasteiger partial charge in [-0.2, -0.15) is 0 Å². The molecule has 5 nitrogen and oxygen atoms in total. The Hall–Kier alpha value is -1.85. The van der Waals surface area contributed by atoms with Gasteiger partial charge in [0.15, 0.2) is 0 Å². The van der Waals surface area contributed by atoms with Gasteiger partial charge < -0.3 is 14.4 Å². The van der Waals surface area contributed by atoms with E-state index in [9.17, 15) is 0 Å². The lowest BCUT2D eigenvalue weighted by Crippen LogP contribution is -2.17. The van der Waals surface area contributed by atoms with E-state index in [4.69, 9.17) is 14.4 Å². The van der Waals surface area contributed by atoms with Crippen LogP contribution in [0.15, 0.2) is 41.1 Å². The standard InChI is InChI=1S/C14H18N2O3/c1-16(11-13-5-7-19-15-13)10-12-3-2-4-14(9-12)18-8-6-17/h2-5,7,9,17H,6,8,10-11H2,1H3. The van der Waals surface area contributed by atoms with E-state index in [1.807, 2.05) is 37.4 Å². The Morgan fingerprint density at radius 3 is 2.95 bits per heavy atom. The van der Waals surface area contributed by atoms with Gasteiger partial charge in [0.05, 0.1) is 12.3 Å². The first-order chi connectivity index (χ1) is 9.28. The van der Waals surface area contributed by atoms with Gasteiger partial charge in [-0.3, -0.25) is 4.90 Å². The molecular formula is C14H18N2O3. The normalized spacial score (nSPS) is 10.9. The summed E-state index contributed by atoms with van der Waals surface area (Å²) in [6.45, 7) is 1.87. The Morgan fingerprint density at radius 1 is 1.32 bits per heavy atom. The van der Waals surface area contributed by atoms with Crippen LogP contribution in [0.25, 0.3) is 0 Å². The summed E-state index contributed by atoms with van der Waals surface area (Å²) in [6, 6.07) is 9.72. The van der Waals surface area contributed by atoms with Gasteiger partial charge in [-0.05, 0) is 24.7 Å². The molecular weight excluding hydrogens is 244 g/mol. The number of hydrogen-bond acceptors (Lipinski definition) is 5. The van der Waals surface area contributed by atoms with Crippen LogP contribution in [0.3, 0.4) is 0 Å². The number of rotatable bonds is 7. The minimum absolute atomic E-state index is 0.0241. The lowest BCUT2D eigenvalue weighted by atomic mass is 10.2. The lowest BCUT2D eigenvalue weighted by molar-refractivity contribution is 0.201. The molecule has 0 saturated heterocycles. The maximum Gasteiger partial charge on any atom is 0.124 e. The van der Waals surface area contributed by atoms with Crippen molar-refractivity contribution in [3.8, 4) is 5.75 Å². The third-order valence-electron chi connectivity index (χ3n) is 2.63. The second kappa shape index (κ2) is 6.92. The van der Waals surface area contributed by atoms with Crippen molar-refractivity contribution in [2.24, 2.45) is 0 Å².